The first-order chi connectivity index (χ1) is 7.13. The van der Waals surface area contributed by atoms with E-state index in [2.05, 4.69) is 14.7 Å². The smallest absolute Gasteiger partial charge is 0.330 e. The van der Waals surface area contributed by atoms with Crippen molar-refractivity contribution in [3.05, 3.63) is 17.2 Å². The Morgan fingerprint density at radius 1 is 1.80 bits per heavy atom. The third-order valence-electron chi connectivity index (χ3n) is 2.44. The van der Waals surface area contributed by atoms with Crippen LogP contribution in [0.1, 0.15) is 36.3 Å². The van der Waals surface area contributed by atoms with Crippen molar-refractivity contribution >= 4 is 5.97 Å². The van der Waals surface area contributed by atoms with Gasteiger partial charge >= 0.3 is 5.97 Å². The third kappa shape index (κ3) is 1.62. The van der Waals surface area contributed by atoms with Gasteiger partial charge in [0.25, 0.3) is 0 Å². The molecule has 2 rings (SSSR count). The van der Waals surface area contributed by atoms with E-state index in [4.69, 9.17) is 10.5 Å². The van der Waals surface area contributed by atoms with Crippen LogP contribution in [0.25, 0.3) is 0 Å². The lowest BCUT2D eigenvalue weighted by Gasteiger charge is -2.06. The number of hydrogen-bond acceptors (Lipinski definition) is 5. The Hall–Kier alpha value is -1.40. The van der Waals surface area contributed by atoms with Gasteiger partial charge in [0.2, 0.25) is 0 Å². The Bertz CT molecular complexity index is 388. The second kappa shape index (κ2) is 3.63. The van der Waals surface area contributed by atoms with Gasteiger partial charge in [-0.05, 0) is 6.92 Å². The molecule has 0 saturated heterocycles. The SMILES string of the molecule is COC(=O)[C@@H](N)c1nc2c([nH]1)COC2C. The van der Waals surface area contributed by atoms with Crippen LogP contribution in [0.15, 0.2) is 0 Å². The highest BCUT2D eigenvalue weighted by Crippen LogP contribution is 2.28. The normalized spacial score (nSPS) is 21.1. The number of nitrogens with zero attached hydrogens (tertiary/aromatic N) is 1. The zero-order chi connectivity index (χ0) is 11.0. The van der Waals surface area contributed by atoms with Crippen molar-refractivity contribution in [2.24, 2.45) is 5.73 Å². The van der Waals surface area contributed by atoms with Gasteiger partial charge in [0, 0.05) is 0 Å². The summed E-state index contributed by atoms with van der Waals surface area (Å²) in [5, 5.41) is 0. The van der Waals surface area contributed by atoms with Gasteiger partial charge in [-0.1, -0.05) is 0 Å². The van der Waals surface area contributed by atoms with Crippen molar-refractivity contribution < 1.29 is 14.3 Å². The number of rotatable bonds is 2. The number of esters is 1. The van der Waals surface area contributed by atoms with Crippen LogP contribution < -0.4 is 5.73 Å². The molecule has 0 saturated carbocycles. The Morgan fingerprint density at radius 2 is 2.53 bits per heavy atom. The van der Waals surface area contributed by atoms with Gasteiger partial charge in [-0.15, -0.1) is 0 Å². The number of hydrogen-bond donors (Lipinski definition) is 2. The summed E-state index contributed by atoms with van der Waals surface area (Å²) in [6.07, 6.45) is -0.0464. The molecule has 1 aliphatic rings. The van der Waals surface area contributed by atoms with Crippen LogP contribution in [-0.4, -0.2) is 23.0 Å². The molecule has 3 N–H and O–H groups in total. The molecule has 2 atom stereocenters. The number of nitrogens with two attached hydrogens (primary N) is 1. The van der Waals surface area contributed by atoms with E-state index in [1.54, 1.807) is 0 Å². The van der Waals surface area contributed by atoms with Gasteiger partial charge in [0.15, 0.2) is 6.04 Å². The number of fused-ring (bicyclic) bond motifs is 1. The third-order valence-corrected chi connectivity index (χ3v) is 2.44. The van der Waals surface area contributed by atoms with E-state index in [1.165, 1.54) is 7.11 Å². The van der Waals surface area contributed by atoms with Crippen molar-refractivity contribution in [1.82, 2.24) is 9.97 Å². The zero-order valence-electron chi connectivity index (χ0n) is 8.61. The Labute approximate surface area is 86.8 Å². The molecule has 0 aromatic carbocycles. The molecular formula is C9H13N3O3. The van der Waals surface area contributed by atoms with Gasteiger partial charge in [0.05, 0.1) is 31.2 Å². The van der Waals surface area contributed by atoms with Crippen LogP contribution in [-0.2, 0) is 20.9 Å². The van der Waals surface area contributed by atoms with E-state index < -0.39 is 12.0 Å². The van der Waals surface area contributed by atoms with Crippen molar-refractivity contribution in [2.75, 3.05) is 7.11 Å². The summed E-state index contributed by atoms with van der Waals surface area (Å²) in [6.45, 7) is 2.39. The van der Waals surface area contributed by atoms with Crippen LogP contribution in [0.2, 0.25) is 0 Å². The fraction of sp³-hybridized carbons (Fsp3) is 0.556. The summed E-state index contributed by atoms with van der Waals surface area (Å²) in [5.41, 5.74) is 7.36. The minimum atomic E-state index is -0.854. The molecule has 0 radical (unpaired) electrons. The fourth-order valence-electron chi connectivity index (χ4n) is 1.56. The first-order valence-corrected chi connectivity index (χ1v) is 4.67. The van der Waals surface area contributed by atoms with Crippen LogP contribution in [0, 0.1) is 0 Å². The molecule has 6 nitrogen and oxygen atoms in total. The lowest BCUT2D eigenvalue weighted by Crippen LogP contribution is -2.24. The molecule has 1 aromatic rings. The van der Waals surface area contributed by atoms with Crippen molar-refractivity contribution in [2.45, 2.75) is 25.7 Å². The van der Waals surface area contributed by atoms with Gasteiger partial charge in [-0.3, -0.25) is 0 Å². The molecule has 0 bridgehead atoms. The predicted molar refractivity (Wildman–Crippen MR) is 50.7 cm³/mol. The summed E-state index contributed by atoms with van der Waals surface area (Å²) < 4.78 is 9.87. The number of nitrogens with one attached hydrogen (secondary N) is 1. The molecule has 1 aromatic heterocycles. The Balaban J connectivity index is 2.24. The van der Waals surface area contributed by atoms with Crippen LogP contribution in [0.5, 0.6) is 0 Å². The molecule has 1 aliphatic heterocycles. The number of imidazole rings is 1. The maximum Gasteiger partial charge on any atom is 0.330 e. The molecule has 0 aliphatic carbocycles. The summed E-state index contributed by atoms with van der Waals surface area (Å²) >= 11 is 0. The average Bonchev–Trinajstić information content (AvgIpc) is 2.79. The van der Waals surface area contributed by atoms with E-state index >= 15 is 0 Å². The molecule has 0 fully saturated rings. The highest BCUT2D eigenvalue weighted by Gasteiger charge is 2.28. The lowest BCUT2D eigenvalue weighted by atomic mass is 10.3. The van der Waals surface area contributed by atoms with Crippen LogP contribution in [0.3, 0.4) is 0 Å². The van der Waals surface area contributed by atoms with Crippen LogP contribution >= 0.6 is 0 Å². The van der Waals surface area contributed by atoms with E-state index in [0.29, 0.717) is 12.4 Å². The van der Waals surface area contributed by atoms with Crippen molar-refractivity contribution in [1.29, 1.82) is 0 Å². The van der Waals surface area contributed by atoms with Crippen molar-refractivity contribution in [3.8, 4) is 0 Å². The van der Waals surface area contributed by atoms with Gasteiger partial charge in [0.1, 0.15) is 5.82 Å². The topological polar surface area (TPSA) is 90.2 Å². The Morgan fingerprint density at radius 3 is 3.13 bits per heavy atom. The molecule has 6 heteroatoms. The number of methoxy groups -OCH3 is 1. The fourth-order valence-corrected chi connectivity index (χ4v) is 1.56. The average molecular weight is 211 g/mol. The maximum absolute atomic E-state index is 11.2. The highest BCUT2D eigenvalue weighted by atomic mass is 16.5. The van der Waals surface area contributed by atoms with Gasteiger partial charge in [-0.25, -0.2) is 9.78 Å². The maximum atomic E-state index is 11.2. The number of carbonyl (C=O) groups is 1. The van der Waals surface area contributed by atoms with E-state index in [-0.39, 0.29) is 6.10 Å². The predicted octanol–water partition coefficient (Wildman–Crippen LogP) is 0.174. The largest absolute Gasteiger partial charge is 0.468 e. The number of carbonyl (C=O) groups excluding carboxylic acids is 1. The number of ether oxygens (including phenoxy) is 2. The van der Waals surface area contributed by atoms with Gasteiger partial charge < -0.3 is 20.2 Å². The van der Waals surface area contributed by atoms with E-state index in [0.717, 1.165) is 11.4 Å². The molecule has 2 heterocycles. The first kappa shape index (κ1) is 10.1. The molecule has 82 valence electrons. The standard InChI is InChI=1S/C9H13N3O3/c1-4-7-5(3-15-4)11-8(12-7)6(10)9(13)14-2/h4,6H,3,10H2,1-2H3,(H,11,12)/t4?,6-/m0/s1. The zero-order valence-corrected chi connectivity index (χ0v) is 8.61. The summed E-state index contributed by atoms with van der Waals surface area (Å²) in [6, 6.07) is -0.854. The molecule has 0 amide bonds. The molecule has 15 heavy (non-hydrogen) atoms. The Kier molecular flexibility index (Phi) is 2.45. The van der Waals surface area contributed by atoms with Crippen LogP contribution in [0.4, 0.5) is 0 Å². The second-order valence-corrected chi connectivity index (χ2v) is 3.44. The summed E-state index contributed by atoms with van der Waals surface area (Å²) in [4.78, 5) is 18.4. The second-order valence-electron chi connectivity index (χ2n) is 3.44. The van der Waals surface area contributed by atoms with Gasteiger partial charge in [-0.2, -0.15) is 0 Å². The molecule has 0 spiro atoms. The summed E-state index contributed by atoms with van der Waals surface area (Å²) in [5.74, 6) is -0.0713. The van der Waals surface area contributed by atoms with Crippen molar-refractivity contribution in [3.63, 3.8) is 0 Å². The van der Waals surface area contributed by atoms with E-state index in [1.807, 2.05) is 6.92 Å². The molecule has 1 unspecified atom stereocenters. The lowest BCUT2D eigenvalue weighted by molar-refractivity contribution is -0.142. The number of aromatic nitrogens is 2. The molecular weight excluding hydrogens is 198 g/mol. The minimum Gasteiger partial charge on any atom is -0.468 e. The first-order valence-electron chi connectivity index (χ1n) is 4.67. The monoisotopic (exact) mass is 211 g/mol. The quantitative estimate of drug-likeness (QED) is 0.681. The summed E-state index contributed by atoms with van der Waals surface area (Å²) in [7, 11) is 1.30. The number of H-pyrrole nitrogens is 1. The minimum absolute atomic E-state index is 0.0464. The number of aromatic amines is 1. The highest BCUT2D eigenvalue weighted by molar-refractivity contribution is 5.76. The van der Waals surface area contributed by atoms with E-state index in [9.17, 15) is 4.79 Å².